The molecule has 5 atom stereocenters. The van der Waals surface area contributed by atoms with Crippen LogP contribution in [0, 0.1) is 0 Å². The van der Waals surface area contributed by atoms with Crippen molar-refractivity contribution in [2.45, 2.75) is 109 Å². The lowest BCUT2D eigenvalue weighted by atomic mass is 9.97. The summed E-state index contributed by atoms with van der Waals surface area (Å²) in [6.45, 7) is 3.36. The van der Waals surface area contributed by atoms with Gasteiger partial charge in [0.25, 0.3) is 5.56 Å². The molecule has 14 nitrogen and oxygen atoms in total. The number of hydrogen-bond donors (Lipinski definition) is 3. The Hall–Kier alpha value is -7.30. The Balaban J connectivity index is 1.04. The van der Waals surface area contributed by atoms with Gasteiger partial charge in [0.1, 0.15) is 24.4 Å². The minimum absolute atomic E-state index is 0.112. The van der Waals surface area contributed by atoms with Crippen LogP contribution in [0.2, 0.25) is 0 Å². The SMILES string of the molecule is CCCCCCCCOc1c(CO)c2ccc(NC(=O)C=Cc3cc(OC)c(O[C@H]4O[C@H](COCc5ccccc5)[C@@H](OCc5ccccc5)[C@H](OCc5ccccc5)[C@@H]4OCc4ccccc4)c(OC)c3)cc2[nH]c1=O. The second-order valence-corrected chi connectivity index (χ2v) is 18.8. The number of fused-ring (bicyclic) bond motifs is 1. The van der Waals surface area contributed by atoms with Crippen molar-refractivity contribution in [3.8, 4) is 23.0 Å². The summed E-state index contributed by atoms with van der Waals surface area (Å²) in [5.74, 6) is 0.494. The highest BCUT2D eigenvalue weighted by molar-refractivity contribution is 6.03. The maximum atomic E-state index is 13.5. The molecule has 6 aromatic carbocycles. The van der Waals surface area contributed by atoms with Crippen molar-refractivity contribution in [3.63, 3.8) is 0 Å². The molecule has 1 aliphatic heterocycles. The first kappa shape index (κ1) is 55.9. The molecular formula is C63H70N2O12. The third-order valence-electron chi connectivity index (χ3n) is 13.2. The van der Waals surface area contributed by atoms with E-state index in [1.165, 1.54) is 39.6 Å². The highest BCUT2D eigenvalue weighted by Crippen LogP contribution is 2.42. The van der Waals surface area contributed by atoms with Crippen LogP contribution in [0.1, 0.15) is 78.8 Å². The number of rotatable bonds is 29. The molecule has 404 valence electrons. The molecule has 1 aliphatic rings. The van der Waals surface area contributed by atoms with Gasteiger partial charge in [-0.25, -0.2) is 0 Å². The number of aliphatic hydroxyl groups is 1. The van der Waals surface area contributed by atoms with Gasteiger partial charge in [-0.15, -0.1) is 0 Å². The number of anilines is 1. The Labute approximate surface area is 450 Å². The molecule has 0 radical (unpaired) electrons. The first-order chi connectivity index (χ1) is 37.8. The van der Waals surface area contributed by atoms with Gasteiger partial charge in [0.2, 0.25) is 17.9 Å². The second kappa shape index (κ2) is 29.3. The molecule has 7 aromatic rings. The molecule has 3 N–H and O–H groups in total. The van der Waals surface area contributed by atoms with Crippen molar-refractivity contribution >= 4 is 28.6 Å². The van der Waals surface area contributed by atoms with E-state index in [0.717, 1.165) is 41.5 Å². The highest BCUT2D eigenvalue weighted by atomic mass is 16.7. The molecule has 0 saturated carbocycles. The Kier molecular flexibility index (Phi) is 21.3. The predicted molar refractivity (Wildman–Crippen MR) is 297 cm³/mol. The van der Waals surface area contributed by atoms with Crippen molar-refractivity contribution in [2.75, 3.05) is 32.8 Å². The zero-order valence-corrected chi connectivity index (χ0v) is 44.1. The summed E-state index contributed by atoms with van der Waals surface area (Å²) in [5, 5.41) is 13.8. The summed E-state index contributed by atoms with van der Waals surface area (Å²) in [6.07, 6.45) is 5.32. The summed E-state index contributed by atoms with van der Waals surface area (Å²) in [6, 6.07) is 48.2. The van der Waals surface area contributed by atoms with Crippen molar-refractivity contribution in [2.24, 2.45) is 0 Å². The summed E-state index contributed by atoms with van der Waals surface area (Å²) in [4.78, 5) is 29.5. The lowest BCUT2D eigenvalue weighted by Gasteiger charge is -2.45. The first-order valence-electron chi connectivity index (χ1n) is 26.4. The summed E-state index contributed by atoms with van der Waals surface area (Å²) in [7, 11) is 3.03. The molecule has 1 saturated heterocycles. The van der Waals surface area contributed by atoms with E-state index in [1.54, 1.807) is 36.4 Å². The number of pyridine rings is 1. The number of unbranched alkanes of at least 4 members (excludes halogenated alkanes) is 5. The van der Waals surface area contributed by atoms with E-state index in [1.807, 2.05) is 121 Å². The van der Waals surface area contributed by atoms with E-state index in [0.29, 0.717) is 52.4 Å². The van der Waals surface area contributed by atoms with E-state index in [2.05, 4.69) is 17.2 Å². The van der Waals surface area contributed by atoms with Crippen molar-refractivity contribution in [3.05, 3.63) is 201 Å². The van der Waals surface area contributed by atoms with Gasteiger partial charge in [0, 0.05) is 22.7 Å². The predicted octanol–water partition coefficient (Wildman–Crippen LogP) is 11.5. The van der Waals surface area contributed by atoms with E-state index >= 15 is 0 Å². The minimum atomic E-state index is -1.12. The Bertz CT molecular complexity index is 2970. The van der Waals surface area contributed by atoms with Gasteiger partial charge in [-0.3, -0.25) is 9.59 Å². The van der Waals surface area contributed by atoms with Crippen molar-refractivity contribution in [1.29, 1.82) is 0 Å². The van der Waals surface area contributed by atoms with Crippen LogP contribution in [0.25, 0.3) is 17.0 Å². The molecule has 14 heteroatoms. The average Bonchev–Trinajstić information content (AvgIpc) is 3.46. The number of H-pyrrole nitrogens is 1. The largest absolute Gasteiger partial charge is 0.493 e. The van der Waals surface area contributed by atoms with Crippen LogP contribution in [-0.2, 0) is 61.5 Å². The normalized spacial score (nSPS) is 17.3. The third kappa shape index (κ3) is 15.9. The van der Waals surface area contributed by atoms with Gasteiger partial charge < -0.3 is 58.0 Å². The third-order valence-corrected chi connectivity index (χ3v) is 13.2. The topological polar surface area (TPSA) is 165 Å². The molecule has 1 aromatic heterocycles. The van der Waals surface area contributed by atoms with Crippen LogP contribution >= 0.6 is 0 Å². The molecule has 1 fully saturated rings. The highest BCUT2D eigenvalue weighted by Gasteiger charge is 2.50. The van der Waals surface area contributed by atoms with Crippen LogP contribution in [-0.4, -0.2) is 74.1 Å². The molecule has 1 amide bonds. The lowest BCUT2D eigenvalue weighted by Crippen LogP contribution is -2.62. The second-order valence-electron chi connectivity index (χ2n) is 18.8. The number of carbonyl (C=O) groups is 1. The van der Waals surface area contributed by atoms with Gasteiger partial charge in [-0.2, -0.15) is 0 Å². The maximum Gasteiger partial charge on any atom is 0.291 e. The van der Waals surface area contributed by atoms with Gasteiger partial charge in [0.15, 0.2) is 17.2 Å². The van der Waals surface area contributed by atoms with Gasteiger partial charge in [-0.1, -0.05) is 166 Å². The van der Waals surface area contributed by atoms with Gasteiger partial charge >= 0.3 is 0 Å². The fourth-order valence-corrected chi connectivity index (χ4v) is 9.22. The first-order valence-corrected chi connectivity index (χ1v) is 26.4. The van der Waals surface area contributed by atoms with Crippen molar-refractivity contribution < 1.29 is 52.5 Å². The van der Waals surface area contributed by atoms with Crippen molar-refractivity contribution in [1.82, 2.24) is 4.98 Å². The Morgan fingerprint density at radius 1 is 0.649 bits per heavy atom. The standard InChI is InChI=1S/C63H70N2O12/c1-4-5-6-7-8-21-34-72-57-51(38-66)50-32-31-49(37-52(50)65-62(57)68)64-56(67)33-30-48-35-53(69-2)58(54(36-48)70-3)77-63-61(75-42-47-28-19-12-20-29-47)60(74-41-46-26-17-11-18-27-46)59(73-40-45-24-15-10-16-25-45)55(76-63)43-71-39-44-22-13-9-14-23-44/h9-20,22-33,35-37,55,59-61,63,66H,4-8,21,34,38-43H2,1-3H3,(H,64,67)(H,65,68)/t55-,59-,60+,61+,63-/m1/s1. The number of carbonyl (C=O) groups excluding carboxylic acids is 1. The summed E-state index contributed by atoms with van der Waals surface area (Å²) in [5.41, 5.74) is 5.27. The van der Waals surface area contributed by atoms with E-state index in [9.17, 15) is 14.7 Å². The molecule has 2 heterocycles. The van der Waals surface area contributed by atoms with Crippen LogP contribution in [0.15, 0.2) is 163 Å². The smallest absolute Gasteiger partial charge is 0.291 e. The zero-order valence-electron chi connectivity index (χ0n) is 44.1. The van der Waals surface area contributed by atoms with Gasteiger partial charge in [0.05, 0.1) is 66.0 Å². The number of aromatic amines is 1. The number of hydrogen-bond acceptors (Lipinski definition) is 12. The number of nitrogens with one attached hydrogen (secondary N) is 2. The fourth-order valence-electron chi connectivity index (χ4n) is 9.22. The number of aromatic nitrogens is 1. The molecule has 8 rings (SSSR count). The molecule has 0 bridgehead atoms. The van der Waals surface area contributed by atoms with Crippen LogP contribution < -0.4 is 29.8 Å². The summed E-state index contributed by atoms with van der Waals surface area (Å²) >= 11 is 0. The number of aliphatic hydroxyl groups excluding tert-OH is 1. The van der Waals surface area contributed by atoms with Crippen LogP contribution in [0.5, 0.6) is 23.0 Å². The van der Waals surface area contributed by atoms with Gasteiger partial charge in [-0.05, 0) is 64.6 Å². The summed E-state index contributed by atoms with van der Waals surface area (Å²) < 4.78 is 58.7. The number of amides is 1. The molecule has 0 spiro atoms. The Morgan fingerprint density at radius 2 is 1.19 bits per heavy atom. The minimum Gasteiger partial charge on any atom is -0.493 e. The average molecular weight is 1050 g/mol. The monoisotopic (exact) mass is 1050 g/mol. The number of ether oxygens (including phenoxy) is 9. The molecule has 0 aliphatic carbocycles. The molecule has 0 unspecified atom stereocenters. The zero-order chi connectivity index (χ0) is 53.6. The van der Waals surface area contributed by atoms with E-state index in [-0.39, 0.29) is 44.5 Å². The quantitative estimate of drug-likeness (QED) is 0.0301. The fraction of sp³-hybridized carbons (Fsp3) is 0.333. The Morgan fingerprint density at radius 3 is 1.77 bits per heavy atom. The molecular weight excluding hydrogens is 977 g/mol. The van der Waals surface area contributed by atoms with E-state index < -0.39 is 42.2 Å². The lowest BCUT2D eigenvalue weighted by molar-refractivity contribution is -0.310. The number of methoxy groups -OCH3 is 2. The maximum absolute atomic E-state index is 13.5. The van der Waals surface area contributed by atoms with Crippen LogP contribution in [0.3, 0.4) is 0 Å². The molecule has 77 heavy (non-hydrogen) atoms. The van der Waals surface area contributed by atoms with Crippen LogP contribution in [0.4, 0.5) is 5.69 Å². The number of benzene rings is 6. The van der Waals surface area contributed by atoms with E-state index in [4.69, 9.17) is 42.6 Å².